The van der Waals surface area contributed by atoms with Crippen molar-refractivity contribution < 1.29 is 22.3 Å². The number of halogens is 4. The van der Waals surface area contributed by atoms with Crippen molar-refractivity contribution in [3.63, 3.8) is 0 Å². The summed E-state index contributed by atoms with van der Waals surface area (Å²) in [6.07, 6.45) is -4.87. The van der Waals surface area contributed by atoms with Crippen LogP contribution in [0.25, 0.3) is 0 Å². The predicted octanol–water partition coefficient (Wildman–Crippen LogP) is 2.61. The van der Waals surface area contributed by atoms with E-state index < -0.39 is 23.6 Å². The van der Waals surface area contributed by atoms with Crippen molar-refractivity contribution in [3.05, 3.63) is 23.5 Å². The molecular formula is C8H7F4NO. The summed E-state index contributed by atoms with van der Waals surface area (Å²) in [5.41, 5.74) is 4.62. The Balaban J connectivity index is 3.06. The molecule has 1 aromatic carbocycles. The van der Waals surface area contributed by atoms with Crippen molar-refractivity contribution in [2.24, 2.45) is 0 Å². The smallest absolute Gasteiger partial charge is 0.403 e. The summed E-state index contributed by atoms with van der Waals surface area (Å²) in [7, 11) is 0. The third-order valence-corrected chi connectivity index (χ3v) is 1.56. The van der Waals surface area contributed by atoms with Crippen LogP contribution in [-0.4, -0.2) is 6.36 Å². The molecule has 0 atom stereocenters. The van der Waals surface area contributed by atoms with E-state index in [-0.39, 0.29) is 5.56 Å². The van der Waals surface area contributed by atoms with Gasteiger partial charge in [0.05, 0.1) is 0 Å². The van der Waals surface area contributed by atoms with Gasteiger partial charge in [-0.3, -0.25) is 0 Å². The monoisotopic (exact) mass is 209 g/mol. The van der Waals surface area contributed by atoms with Crippen molar-refractivity contribution in [3.8, 4) is 5.75 Å². The maximum Gasteiger partial charge on any atom is 0.573 e. The first-order chi connectivity index (χ1) is 6.31. The maximum atomic E-state index is 13.0. The number of hydrogen-bond donors (Lipinski definition) is 1. The lowest BCUT2D eigenvalue weighted by molar-refractivity contribution is -0.274. The number of anilines is 1. The van der Waals surface area contributed by atoms with E-state index in [1.54, 1.807) is 0 Å². The SMILES string of the molecule is Cc1ccc(OC(F)(F)F)c(N)c1F. The van der Waals surface area contributed by atoms with Gasteiger partial charge in [0, 0.05) is 0 Å². The van der Waals surface area contributed by atoms with Gasteiger partial charge in [-0.1, -0.05) is 6.07 Å². The molecule has 0 bridgehead atoms. The van der Waals surface area contributed by atoms with Crippen LogP contribution in [0.4, 0.5) is 23.2 Å². The second-order valence-electron chi connectivity index (χ2n) is 2.66. The van der Waals surface area contributed by atoms with Crippen molar-refractivity contribution in [2.75, 3.05) is 5.73 Å². The predicted molar refractivity (Wildman–Crippen MR) is 42.2 cm³/mol. The Morgan fingerprint density at radius 2 is 1.86 bits per heavy atom. The van der Waals surface area contributed by atoms with Crippen LogP contribution in [0.1, 0.15) is 5.56 Å². The Hall–Kier alpha value is -1.46. The number of benzene rings is 1. The van der Waals surface area contributed by atoms with Crippen LogP contribution in [0.3, 0.4) is 0 Å². The molecule has 0 saturated carbocycles. The van der Waals surface area contributed by atoms with Crippen molar-refractivity contribution in [2.45, 2.75) is 13.3 Å². The molecule has 0 spiro atoms. The second kappa shape index (κ2) is 3.36. The molecule has 14 heavy (non-hydrogen) atoms. The van der Waals surface area contributed by atoms with E-state index in [1.165, 1.54) is 6.92 Å². The lowest BCUT2D eigenvalue weighted by Crippen LogP contribution is -2.18. The topological polar surface area (TPSA) is 35.2 Å². The van der Waals surface area contributed by atoms with E-state index in [0.29, 0.717) is 0 Å². The highest BCUT2D eigenvalue weighted by Crippen LogP contribution is 2.31. The minimum atomic E-state index is -4.87. The lowest BCUT2D eigenvalue weighted by Gasteiger charge is -2.11. The number of nitrogen functional groups attached to an aromatic ring is 1. The zero-order valence-electron chi connectivity index (χ0n) is 7.15. The van der Waals surface area contributed by atoms with E-state index in [4.69, 9.17) is 5.73 Å². The quantitative estimate of drug-likeness (QED) is 0.570. The highest BCUT2D eigenvalue weighted by molar-refractivity contribution is 5.55. The van der Waals surface area contributed by atoms with E-state index in [0.717, 1.165) is 12.1 Å². The summed E-state index contributed by atoms with van der Waals surface area (Å²) < 4.78 is 51.8. The molecule has 0 aliphatic heterocycles. The third-order valence-electron chi connectivity index (χ3n) is 1.56. The van der Waals surface area contributed by atoms with Gasteiger partial charge < -0.3 is 10.5 Å². The first-order valence-corrected chi connectivity index (χ1v) is 3.61. The summed E-state index contributed by atoms with van der Waals surface area (Å²) in [6, 6.07) is 2.13. The fraction of sp³-hybridized carbons (Fsp3) is 0.250. The van der Waals surface area contributed by atoms with Gasteiger partial charge in [0.2, 0.25) is 0 Å². The Kier molecular flexibility index (Phi) is 2.55. The van der Waals surface area contributed by atoms with Crippen LogP contribution in [0.2, 0.25) is 0 Å². The van der Waals surface area contributed by atoms with Crippen LogP contribution < -0.4 is 10.5 Å². The van der Waals surface area contributed by atoms with Gasteiger partial charge in [-0.2, -0.15) is 0 Å². The van der Waals surface area contributed by atoms with Gasteiger partial charge in [-0.25, -0.2) is 4.39 Å². The van der Waals surface area contributed by atoms with Gasteiger partial charge in [0.25, 0.3) is 0 Å². The molecule has 6 heteroatoms. The largest absolute Gasteiger partial charge is 0.573 e. The highest BCUT2D eigenvalue weighted by atomic mass is 19.4. The van der Waals surface area contributed by atoms with E-state index in [9.17, 15) is 17.6 Å². The van der Waals surface area contributed by atoms with Crippen LogP contribution >= 0.6 is 0 Å². The van der Waals surface area contributed by atoms with E-state index in [1.807, 2.05) is 0 Å². The number of aryl methyl sites for hydroxylation is 1. The summed E-state index contributed by atoms with van der Waals surface area (Å²) in [5.74, 6) is -1.62. The molecule has 0 aromatic heterocycles. The molecular weight excluding hydrogens is 202 g/mol. The van der Waals surface area contributed by atoms with Crippen molar-refractivity contribution in [1.29, 1.82) is 0 Å². The van der Waals surface area contributed by atoms with Crippen LogP contribution in [-0.2, 0) is 0 Å². The summed E-state index contributed by atoms with van der Waals surface area (Å²) >= 11 is 0. The minimum absolute atomic E-state index is 0.164. The second-order valence-corrected chi connectivity index (χ2v) is 2.66. The zero-order valence-corrected chi connectivity index (χ0v) is 7.15. The molecule has 0 amide bonds. The van der Waals surface area contributed by atoms with Crippen molar-refractivity contribution >= 4 is 5.69 Å². The minimum Gasteiger partial charge on any atom is -0.403 e. The molecule has 78 valence electrons. The Labute approximate surface area is 77.3 Å². The summed E-state index contributed by atoms with van der Waals surface area (Å²) in [5, 5.41) is 0. The van der Waals surface area contributed by atoms with Crippen LogP contribution in [0, 0.1) is 12.7 Å². The van der Waals surface area contributed by atoms with Crippen LogP contribution in [0.5, 0.6) is 5.75 Å². The van der Waals surface area contributed by atoms with Crippen molar-refractivity contribution in [1.82, 2.24) is 0 Å². The normalized spacial score (nSPS) is 11.5. The van der Waals surface area contributed by atoms with Gasteiger partial charge in [0.1, 0.15) is 5.69 Å². The Bertz CT molecular complexity index is 348. The average Bonchev–Trinajstić information content (AvgIpc) is 2.04. The standard InChI is InChI=1S/C8H7F4NO/c1-4-2-3-5(7(13)6(4)9)14-8(10,11)12/h2-3H,13H2,1H3. The fourth-order valence-corrected chi connectivity index (χ4v) is 0.898. The number of hydrogen-bond acceptors (Lipinski definition) is 2. The van der Waals surface area contributed by atoms with E-state index in [2.05, 4.69) is 4.74 Å². The number of alkyl halides is 3. The Morgan fingerprint density at radius 1 is 1.29 bits per heavy atom. The maximum absolute atomic E-state index is 13.0. The molecule has 0 saturated heterocycles. The van der Waals surface area contributed by atoms with Gasteiger partial charge in [-0.05, 0) is 18.6 Å². The van der Waals surface area contributed by atoms with Gasteiger partial charge in [-0.15, -0.1) is 13.2 Å². The number of ether oxygens (including phenoxy) is 1. The molecule has 0 aliphatic carbocycles. The van der Waals surface area contributed by atoms with Gasteiger partial charge >= 0.3 is 6.36 Å². The lowest BCUT2D eigenvalue weighted by atomic mass is 10.2. The molecule has 0 heterocycles. The van der Waals surface area contributed by atoms with Gasteiger partial charge in [0.15, 0.2) is 11.6 Å². The molecule has 2 nitrogen and oxygen atoms in total. The molecule has 2 N–H and O–H groups in total. The first kappa shape index (κ1) is 10.6. The van der Waals surface area contributed by atoms with Crippen LogP contribution in [0.15, 0.2) is 12.1 Å². The molecule has 0 aliphatic rings. The zero-order chi connectivity index (χ0) is 10.9. The number of nitrogens with two attached hydrogens (primary N) is 1. The number of rotatable bonds is 1. The molecule has 0 unspecified atom stereocenters. The Morgan fingerprint density at radius 3 is 2.36 bits per heavy atom. The summed E-state index contributed by atoms with van der Waals surface area (Å²) in [6.45, 7) is 1.39. The third kappa shape index (κ3) is 2.27. The summed E-state index contributed by atoms with van der Waals surface area (Å²) in [4.78, 5) is 0. The average molecular weight is 209 g/mol. The molecule has 1 rings (SSSR count). The highest BCUT2D eigenvalue weighted by Gasteiger charge is 2.32. The van der Waals surface area contributed by atoms with E-state index >= 15 is 0 Å². The first-order valence-electron chi connectivity index (χ1n) is 3.61. The fourth-order valence-electron chi connectivity index (χ4n) is 0.898. The molecule has 0 radical (unpaired) electrons. The molecule has 1 aromatic rings. The molecule has 0 fully saturated rings.